The number of hydrogen-bond donors (Lipinski definition) is 2. The van der Waals surface area contributed by atoms with Crippen molar-refractivity contribution < 1.29 is 21.2 Å². The molecular weight excluding hydrogens is 331 g/mol. The molecule has 9 heteroatoms. The third-order valence-corrected chi connectivity index (χ3v) is 5.09. The minimum absolute atomic E-state index is 0.230. The Morgan fingerprint density at radius 1 is 1.00 bits per heavy atom. The number of aryl methyl sites for hydroxylation is 1. The molecule has 118 valence electrons. The molecule has 0 saturated heterocycles. The highest BCUT2D eigenvalue weighted by Gasteiger charge is 2.19. The second-order valence-electron chi connectivity index (χ2n) is 4.61. The van der Waals surface area contributed by atoms with E-state index in [-0.39, 0.29) is 15.5 Å². The van der Waals surface area contributed by atoms with Gasteiger partial charge in [-0.2, -0.15) is 0 Å². The average molecular weight is 344 g/mol. The third-order valence-electron chi connectivity index (χ3n) is 2.81. The van der Waals surface area contributed by atoms with Crippen molar-refractivity contribution in [3.8, 4) is 0 Å². The summed E-state index contributed by atoms with van der Waals surface area (Å²) in [4.78, 5) is -0.682. The molecule has 0 atom stereocenters. The maximum Gasteiger partial charge on any atom is 0.262 e. The summed E-state index contributed by atoms with van der Waals surface area (Å²) in [6, 6.07) is 8.50. The van der Waals surface area contributed by atoms with Crippen molar-refractivity contribution in [2.75, 3.05) is 4.72 Å². The summed E-state index contributed by atoms with van der Waals surface area (Å²) >= 11 is 0. The Labute approximate surface area is 127 Å². The number of benzene rings is 2. The first kappa shape index (κ1) is 16.4. The Morgan fingerprint density at radius 2 is 1.64 bits per heavy atom. The van der Waals surface area contributed by atoms with Crippen molar-refractivity contribution in [2.24, 2.45) is 5.14 Å². The van der Waals surface area contributed by atoms with Gasteiger partial charge >= 0.3 is 0 Å². The van der Waals surface area contributed by atoms with Crippen LogP contribution >= 0.6 is 0 Å². The van der Waals surface area contributed by atoms with E-state index < -0.39 is 25.9 Å². The monoisotopic (exact) mass is 344 g/mol. The van der Waals surface area contributed by atoms with Crippen LogP contribution < -0.4 is 9.86 Å². The smallest absolute Gasteiger partial charge is 0.262 e. The van der Waals surface area contributed by atoms with Gasteiger partial charge < -0.3 is 0 Å². The molecular formula is C13H13FN2O4S2. The maximum atomic E-state index is 13.7. The molecule has 2 aromatic rings. The average Bonchev–Trinajstić information content (AvgIpc) is 2.41. The maximum absolute atomic E-state index is 13.7. The minimum atomic E-state index is -4.14. The summed E-state index contributed by atoms with van der Waals surface area (Å²) in [6.45, 7) is 1.66. The second-order valence-corrected chi connectivity index (χ2v) is 7.85. The van der Waals surface area contributed by atoms with Crippen LogP contribution in [0.4, 0.5) is 10.1 Å². The van der Waals surface area contributed by atoms with Gasteiger partial charge in [0.25, 0.3) is 10.0 Å². The molecule has 0 aliphatic rings. The number of rotatable bonds is 4. The Bertz CT molecular complexity index is 925. The van der Waals surface area contributed by atoms with Crippen LogP contribution in [0.1, 0.15) is 5.56 Å². The third kappa shape index (κ3) is 3.62. The summed E-state index contributed by atoms with van der Waals surface area (Å²) in [5, 5.41) is 4.96. The molecule has 3 N–H and O–H groups in total. The normalized spacial score (nSPS) is 12.1. The van der Waals surface area contributed by atoms with Crippen LogP contribution in [-0.4, -0.2) is 16.8 Å². The van der Waals surface area contributed by atoms with Gasteiger partial charge in [-0.05, 0) is 42.8 Å². The fourth-order valence-corrected chi connectivity index (χ4v) is 3.47. The Hall–Kier alpha value is -1.97. The SMILES string of the molecule is Cc1ccc(NS(=O)(=O)c2cccc(S(N)(=O)=O)c2)c(F)c1. The van der Waals surface area contributed by atoms with Gasteiger partial charge in [-0.25, -0.2) is 26.4 Å². The molecule has 2 aromatic carbocycles. The van der Waals surface area contributed by atoms with Crippen molar-refractivity contribution in [3.63, 3.8) is 0 Å². The first-order chi connectivity index (χ1) is 10.1. The van der Waals surface area contributed by atoms with Crippen molar-refractivity contribution in [3.05, 3.63) is 53.8 Å². The molecule has 0 aliphatic carbocycles. The zero-order chi connectivity index (χ0) is 16.5. The lowest BCUT2D eigenvalue weighted by molar-refractivity contribution is 0.596. The van der Waals surface area contributed by atoms with E-state index in [1.54, 1.807) is 13.0 Å². The summed E-state index contributed by atoms with van der Waals surface area (Å²) in [7, 11) is -8.18. The highest BCUT2D eigenvalue weighted by molar-refractivity contribution is 7.93. The number of sulfonamides is 2. The molecule has 0 radical (unpaired) electrons. The molecule has 0 unspecified atom stereocenters. The number of nitrogens with one attached hydrogen (secondary N) is 1. The van der Waals surface area contributed by atoms with E-state index in [0.29, 0.717) is 5.56 Å². The first-order valence-electron chi connectivity index (χ1n) is 6.01. The van der Waals surface area contributed by atoms with Crippen LogP contribution in [0.5, 0.6) is 0 Å². The Kier molecular flexibility index (Phi) is 4.23. The summed E-state index contributed by atoms with van der Waals surface area (Å²) in [6.07, 6.45) is 0. The van der Waals surface area contributed by atoms with Gasteiger partial charge in [0.2, 0.25) is 10.0 Å². The number of hydrogen-bond acceptors (Lipinski definition) is 4. The molecule has 0 amide bonds. The number of anilines is 1. The van der Waals surface area contributed by atoms with Crippen molar-refractivity contribution >= 4 is 25.7 Å². The van der Waals surface area contributed by atoms with E-state index in [1.165, 1.54) is 30.3 Å². The molecule has 0 saturated carbocycles. The Balaban J connectivity index is 2.43. The van der Waals surface area contributed by atoms with E-state index in [0.717, 1.165) is 6.07 Å². The number of nitrogens with two attached hydrogens (primary N) is 1. The minimum Gasteiger partial charge on any atom is -0.277 e. The predicted octanol–water partition coefficient (Wildman–Crippen LogP) is 1.58. The van der Waals surface area contributed by atoms with Gasteiger partial charge in [-0.3, -0.25) is 4.72 Å². The zero-order valence-electron chi connectivity index (χ0n) is 11.4. The van der Waals surface area contributed by atoms with Gasteiger partial charge in [0.1, 0.15) is 5.82 Å². The largest absolute Gasteiger partial charge is 0.277 e. The fraction of sp³-hybridized carbons (Fsp3) is 0.0769. The van der Waals surface area contributed by atoms with E-state index in [2.05, 4.69) is 4.72 Å². The van der Waals surface area contributed by atoms with Gasteiger partial charge in [0.15, 0.2) is 0 Å². The standard InChI is InChI=1S/C13H13FN2O4S2/c1-9-5-6-13(12(14)7-9)16-22(19,20)11-4-2-3-10(8-11)21(15,17)18/h2-8,16H,1H3,(H2,15,17,18). The van der Waals surface area contributed by atoms with Crippen LogP contribution in [-0.2, 0) is 20.0 Å². The van der Waals surface area contributed by atoms with Crippen LogP contribution in [0, 0.1) is 12.7 Å². The van der Waals surface area contributed by atoms with Crippen molar-refractivity contribution in [2.45, 2.75) is 16.7 Å². The van der Waals surface area contributed by atoms with Crippen LogP contribution in [0.15, 0.2) is 52.3 Å². The van der Waals surface area contributed by atoms with E-state index in [1.807, 2.05) is 0 Å². The Morgan fingerprint density at radius 3 is 2.23 bits per heavy atom. The van der Waals surface area contributed by atoms with Gasteiger partial charge in [-0.15, -0.1) is 0 Å². The van der Waals surface area contributed by atoms with Crippen LogP contribution in [0.25, 0.3) is 0 Å². The predicted molar refractivity (Wildman–Crippen MR) is 79.8 cm³/mol. The van der Waals surface area contributed by atoms with Gasteiger partial charge in [0.05, 0.1) is 15.5 Å². The van der Waals surface area contributed by atoms with Gasteiger partial charge in [-0.1, -0.05) is 12.1 Å². The van der Waals surface area contributed by atoms with Gasteiger partial charge in [0, 0.05) is 0 Å². The fourth-order valence-electron chi connectivity index (χ4n) is 1.72. The molecule has 0 aliphatic heterocycles. The topological polar surface area (TPSA) is 106 Å². The molecule has 0 fully saturated rings. The van der Waals surface area contributed by atoms with Crippen molar-refractivity contribution in [1.82, 2.24) is 0 Å². The van der Waals surface area contributed by atoms with E-state index >= 15 is 0 Å². The quantitative estimate of drug-likeness (QED) is 0.878. The molecule has 0 bridgehead atoms. The summed E-state index contributed by atoms with van der Waals surface area (Å²) in [5.74, 6) is -0.730. The first-order valence-corrected chi connectivity index (χ1v) is 9.04. The lowest BCUT2D eigenvalue weighted by Gasteiger charge is -2.10. The lowest BCUT2D eigenvalue weighted by atomic mass is 10.2. The van der Waals surface area contributed by atoms with E-state index in [9.17, 15) is 21.2 Å². The van der Waals surface area contributed by atoms with Crippen molar-refractivity contribution in [1.29, 1.82) is 0 Å². The molecule has 0 spiro atoms. The van der Waals surface area contributed by atoms with Crippen LogP contribution in [0.3, 0.4) is 0 Å². The number of primary sulfonamides is 1. The summed E-state index contributed by atoms with van der Waals surface area (Å²) < 4.78 is 62.7. The summed E-state index contributed by atoms with van der Waals surface area (Å²) in [5.41, 5.74) is 0.406. The second kappa shape index (κ2) is 5.67. The molecule has 0 aromatic heterocycles. The highest BCUT2D eigenvalue weighted by atomic mass is 32.2. The zero-order valence-corrected chi connectivity index (χ0v) is 13.1. The molecule has 22 heavy (non-hydrogen) atoms. The molecule has 6 nitrogen and oxygen atoms in total. The van der Waals surface area contributed by atoms with Crippen LogP contribution in [0.2, 0.25) is 0 Å². The molecule has 0 heterocycles. The van der Waals surface area contributed by atoms with E-state index in [4.69, 9.17) is 5.14 Å². The molecule has 2 rings (SSSR count). The highest BCUT2D eigenvalue weighted by Crippen LogP contribution is 2.21. The number of halogens is 1. The lowest BCUT2D eigenvalue weighted by Crippen LogP contribution is -2.16.